The first-order valence-corrected chi connectivity index (χ1v) is 7.83. The fraction of sp³-hybridized carbons (Fsp3) is 0.867. The fourth-order valence-electron chi connectivity index (χ4n) is 3.51. The van der Waals surface area contributed by atoms with Crippen LogP contribution in [0.4, 0.5) is 0 Å². The second-order valence-electron chi connectivity index (χ2n) is 6.23. The van der Waals surface area contributed by atoms with E-state index >= 15 is 0 Å². The Labute approximate surface area is 115 Å². The van der Waals surface area contributed by atoms with E-state index in [1.165, 1.54) is 12.8 Å². The third-order valence-corrected chi connectivity index (χ3v) is 4.88. The van der Waals surface area contributed by atoms with Crippen molar-refractivity contribution in [2.24, 2.45) is 5.92 Å². The van der Waals surface area contributed by atoms with Crippen molar-refractivity contribution in [3.8, 4) is 0 Å². The first-order valence-electron chi connectivity index (χ1n) is 7.83. The van der Waals surface area contributed by atoms with E-state index in [-0.39, 0.29) is 23.9 Å². The summed E-state index contributed by atoms with van der Waals surface area (Å²) in [6.07, 6.45) is 7.44. The van der Waals surface area contributed by atoms with Gasteiger partial charge in [0.15, 0.2) is 0 Å². The van der Waals surface area contributed by atoms with E-state index in [0.717, 1.165) is 51.1 Å². The van der Waals surface area contributed by atoms with E-state index < -0.39 is 0 Å². The van der Waals surface area contributed by atoms with Crippen LogP contribution in [0.5, 0.6) is 0 Å². The molecule has 4 nitrogen and oxygen atoms in total. The smallest absolute Gasteiger partial charge is 0.246 e. The molecule has 3 aliphatic rings. The van der Waals surface area contributed by atoms with Gasteiger partial charge in [-0.05, 0) is 38.0 Å². The largest absolute Gasteiger partial charge is 0.329 e. The average molecular weight is 264 g/mol. The Morgan fingerprint density at radius 3 is 2.58 bits per heavy atom. The second-order valence-corrected chi connectivity index (χ2v) is 6.23. The minimum atomic E-state index is -0.194. The maximum absolute atomic E-state index is 12.6. The Balaban J connectivity index is 1.75. The highest BCUT2D eigenvalue weighted by Gasteiger charge is 2.45. The van der Waals surface area contributed by atoms with Crippen LogP contribution in [0.2, 0.25) is 0 Å². The zero-order valence-electron chi connectivity index (χ0n) is 11.8. The zero-order chi connectivity index (χ0) is 13.4. The topological polar surface area (TPSA) is 40.6 Å². The van der Waals surface area contributed by atoms with E-state index in [0.29, 0.717) is 0 Å². The number of nitrogens with zero attached hydrogens (tertiary/aromatic N) is 2. The molecule has 0 aromatic heterocycles. The van der Waals surface area contributed by atoms with Gasteiger partial charge in [0.1, 0.15) is 12.1 Å². The Morgan fingerprint density at radius 1 is 1.11 bits per heavy atom. The number of carbonyl (C=O) groups is 2. The van der Waals surface area contributed by atoms with Gasteiger partial charge in [-0.25, -0.2) is 0 Å². The third kappa shape index (κ3) is 2.37. The minimum Gasteiger partial charge on any atom is -0.329 e. The van der Waals surface area contributed by atoms with Gasteiger partial charge >= 0.3 is 0 Å². The van der Waals surface area contributed by atoms with Gasteiger partial charge in [-0.3, -0.25) is 9.59 Å². The monoisotopic (exact) mass is 264 g/mol. The molecule has 3 rings (SSSR count). The van der Waals surface area contributed by atoms with Crippen LogP contribution >= 0.6 is 0 Å². The molecule has 2 atom stereocenters. The van der Waals surface area contributed by atoms with Crippen molar-refractivity contribution in [3.05, 3.63) is 0 Å². The number of piperazine rings is 1. The number of fused-ring (bicyclic) bond motifs is 1. The fourth-order valence-corrected chi connectivity index (χ4v) is 3.51. The summed E-state index contributed by atoms with van der Waals surface area (Å²) in [4.78, 5) is 28.9. The van der Waals surface area contributed by atoms with Gasteiger partial charge in [-0.15, -0.1) is 0 Å². The Bertz CT molecular complexity index is 378. The maximum Gasteiger partial charge on any atom is 0.246 e. The summed E-state index contributed by atoms with van der Waals surface area (Å²) in [5.74, 6) is 1.22. The van der Waals surface area contributed by atoms with Crippen LogP contribution in [-0.2, 0) is 9.59 Å². The molecule has 0 N–H and O–H groups in total. The third-order valence-electron chi connectivity index (χ3n) is 4.88. The van der Waals surface area contributed by atoms with Gasteiger partial charge in [0.25, 0.3) is 0 Å². The number of amides is 2. The second kappa shape index (κ2) is 5.14. The van der Waals surface area contributed by atoms with Crippen molar-refractivity contribution >= 4 is 11.8 Å². The van der Waals surface area contributed by atoms with Crippen LogP contribution in [0, 0.1) is 5.92 Å². The molecule has 0 bridgehead atoms. The van der Waals surface area contributed by atoms with E-state index in [2.05, 4.69) is 0 Å². The molecule has 3 fully saturated rings. The summed E-state index contributed by atoms with van der Waals surface area (Å²) in [6, 6.07) is -0.344. The van der Waals surface area contributed by atoms with E-state index in [4.69, 9.17) is 0 Å². The molecule has 0 aromatic rings. The van der Waals surface area contributed by atoms with Gasteiger partial charge in [0.2, 0.25) is 11.8 Å². The number of hydrogen-bond donors (Lipinski definition) is 0. The Hall–Kier alpha value is -1.06. The summed E-state index contributed by atoms with van der Waals surface area (Å²) in [6.45, 7) is 3.59. The molecule has 4 heteroatoms. The molecule has 2 unspecified atom stereocenters. The standard InChI is InChI=1S/C15H24N2O2/c1-2-12-14(18)16-9-4-3-5-13(16)15(19)17(12)10-8-11-6-7-11/h11-13H,2-10H2,1H3. The molecule has 0 aromatic carbocycles. The van der Waals surface area contributed by atoms with Crippen LogP contribution in [0.25, 0.3) is 0 Å². The summed E-state index contributed by atoms with van der Waals surface area (Å²) in [5.41, 5.74) is 0. The molecular weight excluding hydrogens is 240 g/mol. The van der Waals surface area contributed by atoms with Gasteiger partial charge in [0, 0.05) is 13.1 Å². The highest BCUT2D eigenvalue weighted by atomic mass is 16.2. The first-order chi connectivity index (χ1) is 9.22. The molecule has 1 aliphatic carbocycles. The van der Waals surface area contributed by atoms with Gasteiger partial charge in [-0.1, -0.05) is 19.8 Å². The highest BCUT2D eigenvalue weighted by molar-refractivity contribution is 5.97. The minimum absolute atomic E-state index is 0.150. The number of hydrogen-bond acceptors (Lipinski definition) is 2. The molecule has 19 heavy (non-hydrogen) atoms. The lowest BCUT2D eigenvalue weighted by molar-refractivity contribution is -0.164. The lowest BCUT2D eigenvalue weighted by Gasteiger charge is -2.47. The predicted octanol–water partition coefficient (Wildman–Crippen LogP) is 1.79. The van der Waals surface area contributed by atoms with Gasteiger partial charge in [-0.2, -0.15) is 0 Å². The van der Waals surface area contributed by atoms with Crippen molar-refractivity contribution in [2.75, 3.05) is 13.1 Å². The van der Waals surface area contributed by atoms with Crippen LogP contribution in [0.3, 0.4) is 0 Å². The molecule has 0 spiro atoms. The Kier molecular flexibility index (Phi) is 3.50. The zero-order valence-corrected chi connectivity index (χ0v) is 11.8. The van der Waals surface area contributed by atoms with Crippen LogP contribution < -0.4 is 0 Å². The summed E-state index contributed by atoms with van der Waals surface area (Å²) in [5, 5.41) is 0. The van der Waals surface area contributed by atoms with Crippen molar-refractivity contribution in [3.63, 3.8) is 0 Å². The van der Waals surface area contributed by atoms with Crippen LogP contribution in [-0.4, -0.2) is 46.8 Å². The SMILES string of the molecule is CCC1C(=O)N2CCCCC2C(=O)N1CCC1CC1. The average Bonchev–Trinajstić information content (AvgIpc) is 3.25. The molecule has 2 heterocycles. The Morgan fingerprint density at radius 2 is 1.89 bits per heavy atom. The lowest BCUT2D eigenvalue weighted by atomic mass is 9.94. The number of piperidine rings is 1. The molecule has 1 saturated carbocycles. The first kappa shape index (κ1) is 12.9. The van der Waals surface area contributed by atoms with E-state index in [1.807, 2.05) is 16.7 Å². The van der Waals surface area contributed by atoms with Crippen LogP contribution in [0.1, 0.15) is 51.9 Å². The molecule has 106 valence electrons. The normalized spacial score (nSPS) is 31.6. The molecular formula is C15H24N2O2. The van der Waals surface area contributed by atoms with Crippen LogP contribution in [0.15, 0.2) is 0 Å². The summed E-state index contributed by atoms with van der Waals surface area (Å²) in [7, 11) is 0. The van der Waals surface area contributed by atoms with E-state index in [9.17, 15) is 9.59 Å². The van der Waals surface area contributed by atoms with Crippen molar-refractivity contribution < 1.29 is 9.59 Å². The predicted molar refractivity (Wildman–Crippen MR) is 72.5 cm³/mol. The molecule has 0 radical (unpaired) electrons. The van der Waals surface area contributed by atoms with Crippen molar-refractivity contribution in [2.45, 2.75) is 64.0 Å². The maximum atomic E-state index is 12.6. The van der Waals surface area contributed by atoms with Crippen molar-refractivity contribution in [1.82, 2.24) is 9.80 Å². The molecule has 2 saturated heterocycles. The lowest BCUT2D eigenvalue weighted by Crippen LogP contribution is -2.65. The number of rotatable bonds is 4. The quantitative estimate of drug-likeness (QED) is 0.776. The summed E-state index contributed by atoms with van der Waals surface area (Å²) < 4.78 is 0. The van der Waals surface area contributed by atoms with E-state index in [1.54, 1.807) is 0 Å². The summed E-state index contributed by atoms with van der Waals surface area (Å²) >= 11 is 0. The molecule has 2 aliphatic heterocycles. The highest BCUT2D eigenvalue weighted by Crippen LogP contribution is 2.34. The molecule has 2 amide bonds. The van der Waals surface area contributed by atoms with Gasteiger partial charge < -0.3 is 9.80 Å². The van der Waals surface area contributed by atoms with Crippen molar-refractivity contribution in [1.29, 1.82) is 0 Å². The number of carbonyl (C=O) groups excluding carboxylic acids is 2. The van der Waals surface area contributed by atoms with Gasteiger partial charge in [0.05, 0.1) is 0 Å².